The van der Waals surface area contributed by atoms with Gasteiger partial charge >= 0.3 is 0 Å². The number of hydrogen-bond donors (Lipinski definition) is 2. The first-order chi connectivity index (χ1) is 9.95. The van der Waals surface area contributed by atoms with E-state index in [0.717, 1.165) is 24.0 Å². The van der Waals surface area contributed by atoms with Gasteiger partial charge in [-0.1, -0.05) is 23.4 Å². The van der Waals surface area contributed by atoms with Crippen LogP contribution >= 0.6 is 0 Å². The molecule has 21 heavy (non-hydrogen) atoms. The van der Waals surface area contributed by atoms with Crippen LogP contribution < -0.4 is 5.73 Å². The van der Waals surface area contributed by atoms with E-state index in [9.17, 15) is 5.21 Å². The zero-order chi connectivity index (χ0) is 15.6. The summed E-state index contributed by atoms with van der Waals surface area (Å²) < 4.78 is 5.77. The van der Waals surface area contributed by atoms with Crippen LogP contribution in [0.2, 0.25) is 0 Å². The van der Waals surface area contributed by atoms with Gasteiger partial charge in [0.2, 0.25) is 0 Å². The second-order valence-electron chi connectivity index (χ2n) is 5.84. The second kappa shape index (κ2) is 6.45. The quantitative estimate of drug-likeness (QED) is 0.294. The smallest absolute Gasteiger partial charge is 0.177 e. The largest absolute Gasteiger partial charge is 0.409 e. The van der Waals surface area contributed by atoms with Crippen LogP contribution in [0.25, 0.3) is 0 Å². The van der Waals surface area contributed by atoms with Crippen LogP contribution in [0.4, 0.5) is 0 Å². The summed E-state index contributed by atoms with van der Waals surface area (Å²) in [6.07, 6.45) is 1.78. The Morgan fingerprint density at radius 3 is 2.76 bits per heavy atom. The van der Waals surface area contributed by atoms with E-state index in [4.69, 9.17) is 10.5 Å². The lowest BCUT2D eigenvalue weighted by Gasteiger charge is -2.29. The summed E-state index contributed by atoms with van der Waals surface area (Å²) in [6.45, 7) is 5.92. The molecular formula is C16H25N3O2. The van der Waals surface area contributed by atoms with E-state index in [-0.39, 0.29) is 18.4 Å². The predicted octanol–water partition coefficient (Wildman–Crippen LogP) is 2.47. The molecule has 0 spiro atoms. The molecule has 5 heteroatoms. The van der Waals surface area contributed by atoms with E-state index in [2.05, 4.69) is 11.2 Å². The van der Waals surface area contributed by atoms with E-state index in [1.807, 2.05) is 44.9 Å². The van der Waals surface area contributed by atoms with E-state index in [1.165, 1.54) is 5.56 Å². The minimum atomic E-state index is -0.179. The lowest BCUT2D eigenvalue weighted by Crippen LogP contribution is -2.39. The number of nitrogens with two attached hydrogens (primary N) is 1. The Hall–Kier alpha value is -1.59. The van der Waals surface area contributed by atoms with Gasteiger partial charge in [-0.05, 0) is 44.7 Å². The number of benzene rings is 1. The zero-order valence-corrected chi connectivity index (χ0v) is 13.2. The molecule has 0 amide bonds. The summed E-state index contributed by atoms with van der Waals surface area (Å²) >= 11 is 0. The average Bonchev–Trinajstić information content (AvgIpc) is 2.81. The Bertz CT molecular complexity index is 528. The number of amidine groups is 1. The van der Waals surface area contributed by atoms with Crippen LogP contribution in [0.15, 0.2) is 23.4 Å². The highest BCUT2D eigenvalue weighted by Crippen LogP contribution is 2.32. The highest BCUT2D eigenvalue weighted by atomic mass is 16.5. The highest BCUT2D eigenvalue weighted by Gasteiger charge is 2.26. The molecule has 0 saturated carbocycles. The molecule has 1 aromatic carbocycles. The van der Waals surface area contributed by atoms with Crippen LogP contribution in [0.1, 0.15) is 49.9 Å². The number of nitrogens with zero attached hydrogens (tertiary/aromatic N) is 2. The minimum absolute atomic E-state index is 0.0783. The molecule has 0 radical (unpaired) electrons. The fourth-order valence-electron chi connectivity index (χ4n) is 2.87. The van der Waals surface area contributed by atoms with Crippen LogP contribution in [0.3, 0.4) is 0 Å². The molecular weight excluding hydrogens is 266 g/mol. The molecule has 1 aliphatic carbocycles. The molecule has 2 atom stereocenters. The summed E-state index contributed by atoms with van der Waals surface area (Å²) in [5, 5.41) is 13.0. The van der Waals surface area contributed by atoms with Crippen LogP contribution in [-0.2, 0) is 11.2 Å². The third kappa shape index (κ3) is 3.19. The average molecular weight is 291 g/mol. The van der Waals surface area contributed by atoms with Crippen molar-refractivity contribution in [2.24, 2.45) is 10.9 Å². The SMILES string of the molecule is CC(C)OC(C)N(C)/C(=N\O)c1cccc2c1CC[C@H]2N. The third-order valence-electron chi connectivity index (χ3n) is 4.00. The molecule has 5 nitrogen and oxygen atoms in total. The first kappa shape index (κ1) is 15.8. The Kier molecular flexibility index (Phi) is 4.85. The van der Waals surface area contributed by atoms with Gasteiger partial charge in [0.1, 0.15) is 6.23 Å². The fraction of sp³-hybridized carbons (Fsp3) is 0.562. The molecule has 116 valence electrons. The van der Waals surface area contributed by atoms with E-state index in [0.29, 0.717) is 5.84 Å². The molecule has 2 rings (SSSR count). The molecule has 0 heterocycles. The van der Waals surface area contributed by atoms with Crippen molar-refractivity contribution in [3.63, 3.8) is 0 Å². The zero-order valence-electron chi connectivity index (χ0n) is 13.2. The van der Waals surface area contributed by atoms with Gasteiger partial charge in [0.15, 0.2) is 5.84 Å². The van der Waals surface area contributed by atoms with Gasteiger partial charge in [0, 0.05) is 18.7 Å². The van der Waals surface area contributed by atoms with E-state index < -0.39 is 0 Å². The van der Waals surface area contributed by atoms with Crippen LogP contribution in [0, 0.1) is 0 Å². The summed E-state index contributed by atoms with van der Waals surface area (Å²) in [6, 6.07) is 6.07. The molecule has 0 aromatic heterocycles. The van der Waals surface area contributed by atoms with Crippen molar-refractivity contribution in [2.75, 3.05) is 7.05 Å². The van der Waals surface area contributed by atoms with Crippen LogP contribution in [-0.4, -0.2) is 35.3 Å². The molecule has 3 N–H and O–H groups in total. The molecule has 1 unspecified atom stereocenters. The monoisotopic (exact) mass is 291 g/mol. The molecule has 0 saturated heterocycles. The summed E-state index contributed by atoms with van der Waals surface area (Å²) in [5.74, 6) is 0.522. The van der Waals surface area contributed by atoms with Crippen molar-refractivity contribution in [3.05, 3.63) is 34.9 Å². The van der Waals surface area contributed by atoms with Crippen LogP contribution in [0.5, 0.6) is 0 Å². The van der Waals surface area contributed by atoms with Crippen molar-refractivity contribution in [1.29, 1.82) is 0 Å². The summed E-state index contributed by atoms with van der Waals surface area (Å²) in [7, 11) is 1.87. The molecule has 0 fully saturated rings. The number of oxime groups is 1. The second-order valence-corrected chi connectivity index (χ2v) is 5.84. The van der Waals surface area contributed by atoms with Gasteiger partial charge < -0.3 is 20.6 Å². The maximum Gasteiger partial charge on any atom is 0.177 e. The Labute approximate surface area is 126 Å². The molecule has 0 aliphatic heterocycles. The standard InChI is InChI=1S/C16H25N3O2/c1-10(2)21-11(3)19(4)16(18-20)14-7-5-6-13-12(14)8-9-15(13)17/h5-7,10-11,15,20H,8-9,17H2,1-4H3/b18-16-/t11?,15-/m1/s1. The summed E-state index contributed by atoms with van der Waals surface area (Å²) in [4.78, 5) is 1.85. The number of ether oxygens (including phenoxy) is 1. The normalized spacial score (nSPS) is 19.7. The van der Waals surface area contributed by atoms with Crippen molar-refractivity contribution < 1.29 is 9.94 Å². The van der Waals surface area contributed by atoms with Gasteiger partial charge in [0.05, 0.1) is 6.10 Å². The number of hydrogen-bond acceptors (Lipinski definition) is 4. The van der Waals surface area contributed by atoms with Crippen molar-refractivity contribution >= 4 is 5.84 Å². The lowest BCUT2D eigenvalue weighted by atomic mass is 10.0. The lowest BCUT2D eigenvalue weighted by molar-refractivity contribution is -0.0402. The van der Waals surface area contributed by atoms with Gasteiger partial charge in [-0.15, -0.1) is 0 Å². The maximum atomic E-state index is 9.49. The number of rotatable bonds is 4. The maximum absolute atomic E-state index is 9.49. The molecule has 0 bridgehead atoms. The predicted molar refractivity (Wildman–Crippen MR) is 83.5 cm³/mol. The Morgan fingerprint density at radius 1 is 1.43 bits per heavy atom. The van der Waals surface area contributed by atoms with Crippen molar-refractivity contribution in [3.8, 4) is 0 Å². The molecule has 1 aromatic rings. The minimum Gasteiger partial charge on any atom is -0.409 e. The van der Waals surface area contributed by atoms with Crippen molar-refractivity contribution in [1.82, 2.24) is 4.90 Å². The Balaban J connectivity index is 2.31. The van der Waals surface area contributed by atoms with Gasteiger partial charge in [-0.2, -0.15) is 0 Å². The molecule has 1 aliphatic rings. The fourth-order valence-corrected chi connectivity index (χ4v) is 2.87. The number of fused-ring (bicyclic) bond motifs is 1. The van der Waals surface area contributed by atoms with Gasteiger partial charge in [-0.3, -0.25) is 0 Å². The van der Waals surface area contributed by atoms with E-state index in [1.54, 1.807) is 0 Å². The van der Waals surface area contributed by atoms with Gasteiger partial charge in [0.25, 0.3) is 0 Å². The van der Waals surface area contributed by atoms with Crippen molar-refractivity contribution in [2.45, 2.75) is 52.0 Å². The third-order valence-corrected chi connectivity index (χ3v) is 4.00. The van der Waals surface area contributed by atoms with E-state index >= 15 is 0 Å². The summed E-state index contributed by atoms with van der Waals surface area (Å²) in [5.41, 5.74) is 9.39. The highest BCUT2D eigenvalue weighted by molar-refractivity contribution is 6.00. The topological polar surface area (TPSA) is 71.1 Å². The van der Waals surface area contributed by atoms with Gasteiger partial charge in [-0.25, -0.2) is 0 Å². The first-order valence-corrected chi connectivity index (χ1v) is 7.43. The Morgan fingerprint density at radius 2 is 2.14 bits per heavy atom. The first-order valence-electron chi connectivity index (χ1n) is 7.43.